The average molecular weight is 433 g/mol. The van der Waals surface area contributed by atoms with Crippen LogP contribution in [-0.4, -0.2) is 55.5 Å². The van der Waals surface area contributed by atoms with E-state index in [9.17, 15) is 27.9 Å². The Morgan fingerprint density at radius 1 is 1.10 bits per heavy atom. The zero-order chi connectivity index (χ0) is 22.1. The van der Waals surface area contributed by atoms with Gasteiger partial charge in [0.05, 0.1) is 23.1 Å². The summed E-state index contributed by atoms with van der Waals surface area (Å²) in [7, 11) is -2.76. The van der Waals surface area contributed by atoms with Crippen LogP contribution in [0.4, 0.5) is 0 Å². The molecule has 0 aromatic heterocycles. The molecule has 2 atom stereocenters. The van der Waals surface area contributed by atoms with E-state index in [-0.39, 0.29) is 16.0 Å². The number of sulfonamides is 1. The van der Waals surface area contributed by atoms with Crippen molar-refractivity contribution in [3.05, 3.63) is 59.7 Å². The molecule has 2 aromatic rings. The predicted octanol–water partition coefficient (Wildman–Crippen LogP) is -0.168. The summed E-state index contributed by atoms with van der Waals surface area (Å²) >= 11 is 0. The molecule has 0 radical (unpaired) electrons. The second-order valence-electron chi connectivity index (χ2n) is 6.49. The Labute approximate surface area is 172 Å². The van der Waals surface area contributed by atoms with Crippen LogP contribution in [0.2, 0.25) is 0 Å². The smallest absolute Gasteiger partial charge is 0.263 e. The molecule has 2 unspecified atom stereocenters. The van der Waals surface area contributed by atoms with Gasteiger partial charge in [-0.15, -0.1) is 0 Å². The first-order valence-electron chi connectivity index (χ1n) is 8.76. The highest BCUT2D eigenvalue weighted by atomic mass is 32.2. The number of carbonyl (C=O) groups is 3. The van der Waals surface area contributed by atoms with Crippen molar-refractivity contribution in [2.24, 2.45) is 5.73 Å². The van der Waals surface area contributed by atoms with Gasteiger partial charge in [-0.2, -0.15) is 4.72 Å². The first kappa shape index (κ1) is 21.4. The van der Waals surface area contributed by atoms with Crippen molar-refractivity contribution >= 4 is 27.7 Å². The summed E-state index contributed by atoms with van der Waals surface area (Å²) in [6.07, 6.45) is -2.38. The van der Waals surface area contributed by atoms with Gasteiger partial charge in [0.25, 0.3) is 11.8 Å². The van der Waals surface area contributed by atoms with Crippen LogP contribution in [0.3, 0.4) is 0 Å². The second-order valence-corrected chi connectivity index (χ2v) is 8.21. The molecule has 0 fully saturated rings. The zero-order valence-corrected chi connectivity index (χ0v) is 16.6. The van der Waals surface area contributed by atoms with Gasteiger partial charge < -0.3 is 15.6 Å². The maximum Gasteiger partial charge on any atom is 0.263 e. The molecule has 1 heterocycles. The van der Waals surface area contributed by atoms with E-state index >= 15 is 0 Å². The molecule has 11 heteroatoms. The fourth-order valence-corrected chi connectivity index (χ4v) is 4.24. The number of benzene rings is 2. The number of aliphatic hydroxyl groups excluding tert-OH is 1. The van der Waals surface area contributed by atoms with Crippen molar-refractivity contribution in [1.29, 1.82) is 0 Å². The van der Waals surface area contributed by atoms with Gasteiger partial charge in [0.15, 0.2) is 0 Å². The Morgan fingerprint density at radius 3 is 2.10 bits per heavy atom. The lowest BCUT2D eigenvalue weighted by Gasteiger charge is -2.24. The third-order valence-corrected chi connectivity index (χ3v) is 6.07. The summed E-state index contributed by atoms with van der Waals surface area (Å²) in [4.78, 5) is 37.1. The number of hydrogen-bond acceptors (Lipinski definition) is 7. The average Bonchev–Trinajstić information content (AvgIpc) is 2.98. The van der Waals surface area contributed by atoms with Gasteiger partial charge in [-0.3, -0.25) is 14.4 Å². The van der Waals surface area contributed by atoms with Gasteiger partial charge in [0.2, 0.25) is 15.9 Å². The number of rotatable bonds is 8. The third kappa shape index (κ3) is 4.03. The number of nitrogens with one attached hydrogen (secondary N) is 1. The van der Waals surface area contributed by atoms with Crippen LogP contribution >= 0.6 is 0 Å². The van der Waals surface area contributed by atoms with Crippen molar-refractivity contribution < 1.29 is 32.6 Å². The van der Waals surface area contributed by atoms with Crippen molar-refractivity contribution in [3.63, 3.8) is 0 Å². The van der Waals surface area contributed by atoms with E-state index in [0.717, 1.165) is 0 Å². The number of nitrogens with zero attached hydrogens (tertiary/aromatic N) is 1. The molecule has 10 nitrogen and oxygen atoms in total. The summed E-state index contributed by atoms with van der Waals surface area (Å²) in [5.41, 5.74) is 5.50. The van der Waals surface area contributed by atoms with Gasteiger partial charge in [-0.1, -0.05) is 12.1 Å². The first-order valence-corrected chi connectivity index (χ1v) is 10.2. The Hall–Kier alpha value is -3.28. The highest BCUT2D eigenvalue weighted by Crippen LogP contribution is 2.25. The standard InChI is InChI=1S/C19H19N3O7S/c1-29-11-6-8-12(9-7-11)30(27,28)21-15(17(20)24)10-16(23)22-18(25)13-4-2-3-5-14(13)19(22)26/h2-9,15-16,21,23H,10H2,1H3,(H2,20,24). The fraction of sp³-hybridized carbons (Fsp3) is 0.211. The molecule has 30 heavy (non-hydrogen) atoms. The van der Waals surface area contributed by atoms with Crippen LogP contribution in [0.1, 0.15) is 27.1 Å². The van der Waals surface area contributed by atoms with Crippen molar-refractivity contribution in [1.82, 2.24) is 9.62 Å². The molecule has 0 bridgehead atoms. The summed E-state index contributed by atoms with van der Waals surface area (Å²) in [6, 6.07) is 9.78. The van der Waals surface area contributed by atoms with E-state index in [0.29, 0.717) is 10.6 Å². The first-order chi connectivity index (χ1) is 14.2. The minimum atomic E-state index is -4.19. The Morgan fingerprint density at radius 2 is 1.63 bits per heavy atom. The molecule has 1 aliphatic rings. The normalized spacial score (nSPS) is 15.6. The van der Waals surface area contributed by atoms with Crippen molar-refractivity contribution in [3.8, 4) is 5.75 Å². The molecule has 2 aromatic carbocycles. The van der Waals surface area contributed by atoms with E-state index in [2.05, 4.69) is 4.72 Å². The molecule has 3 rings (SSSR count). The van der Waals surface area contributed by atoms with Crippen LogP contribution in [0, 0.1) is 0 Å². The van der Waals surface area contributed by atoms with Crippen molar-refractivity contribution in [2.45, 2.75) is 23.6 Å². The highest BCUT2D eigenvalue weighted by molar-refractivity contribution is 7.89. The molecular formula is C19H19N3O7S. The summed E-state index contributed by atoms with van der Waals surface area (Å²) in [5, 5.41) is 10.4. The van der Waals surface area contributed by atoms with Crippen molar-refractivity contribution in [2.75, 3.05) is 7.11 Å². The van der Waals surface area contributed by atoms with Crippen LogP contribution < -0.4 is 15.2 Å². The number of primary amides is 1. The minimum absolute atomic E-state index is 0.107. The molecule has 4 N–H and O–H groups in total. The number of aliphatic hydroxyl groups is 1. The van der Waals surface area contributed by atoms with E-state index in [1.165, 1.54) is 43.5 Å². The summed E-state index contributed by atoms with van der Waals surface area (Å²) in [5.74, 6) is -2.14. The summed E-state index contributed by atoms with van der Waals surface area (Å²) in [6.45, 7) is 0. The van der Waals surface area contributed by atoms with Gasteiger partial charge >= 0.3 is 0 Å². The second kappa shape index (κ2) is 8.22. The van der Waals surface area contributed by atoms with E-state index in [1.807, 2.05) is 0 Å². The molecule has 0 spiro atoms. The Kier molecular flexibility index (Phi) is 5.87. The Balaban J connectivity index is 1.78. The number of nitrogens with two attached hydrogens (primary N) is 1. The number of hydrogen-bond donors (Lipinski definition) is 3. The minimum Gasteiger partial charge on any atom is -0.497 e. The van der Waals surface area contributed by atoms with Crippen LogP contribution in [0.25, 0.3) is 0 Å². The molecular weight excluding hydrogens is 414 g/mol. The zero-order valence-electron chi connectivity index (χ0n) is 15.8. The van der Waals surface area contributed by atoms with Crippen LogP contribution in [-0.2, 0) is 14.8 Å². The third-order valence-electron chi connectivity index (χ3n) is 4.58. The van der Waals surface area contributed by atoms with Crippen LogP contribution in [0.5, 0.6) is 5.75 Å². The SMILES string of the molecule is COc1ccc(S(=O)(=O)NC(CC(O)N2C(=O)c3ccccc3C2=O)C(N)=O)cc1. The Bertz CT molecular complexity index is 1060. The van der Waals surface area contributed by atoms with E-state index in [4.69, 9.17) is 10.5 Å². The number of fused-ring (bicyclic) bond motifs is 1. The highest BCUT2D eigenvalue weighted by Gasteiger charge is 2.41. The lowest BCUT2D eigenvalue weighted by atomic mass is 10.1. The van der Waals surface area contributed by atoms with Gasteiger partial charge in [0.1, 0.15) is 18.0 Å². The number of imide groups is 1. The largest absolute Gasteiger partial charge is 0.497 e. The monoisotopic (exact) mass is 433 g/mol. The molecule has 158 valence electrons. The summed E-state index contributed by atoms with van der Waals surface area (Å²) < 4.78 is 32.2. The van der Waals surface area contributed by atoms with E-state index in [1.54, 1.807) is 12.1 Å². The number of amides is 3. The number of ether oxygens (including phenoxy) is 1. The molecule has 0 saturated heterocycles. The lowest BCUT2D eigenvalue weighted by molar-refractivity contribution is -0.120. The number of carbonyl (C=O) groups excluding carboxylic acids is 3. The predicted molar refractivity (Wildman–Crippen MR) is 104 cm³/mol. The fourth-order valence-electron chi connectivity index (χ4n) is 3.03. The van der Waals surface area contributed by atoms with Crippen LogP contribution in [0.15, 0.2) is 53.4 Å². The number of methoxy groups -OCH3 is 1. The van der Waals surface area contributed by atoms with Gasteiger partial charge in [-0.25, -0.2) is 13.3 Å². The topological polar surface area (TPSA) is 156 Å². The molecule has 0 saturated carbocycles. The lowest BCUT2D eigenvalue weighted by Crippen LogP contribution is -2.50. The molecule has 1 aliphatic heterocycles. The van der Waals surface area contributed by atoms with E-state index < -0.39 is 46.4 Å². The van der Waals surface area contributed by atoms with Gasteiger partial charge in [-0.05, 0) is 36.4 Å². The van der Waals surface area contributed by atoms with Gasteiger partial charge in [0, 0.05) is 6.42 Å². The quantitative estimate of drug-likeness (QED) is 0.488. The molecule has 0 aliphatic carbocycles. The molecule has 3 amide bonds. The maximum atomic E-state index is 12.6. The maximum absolute atomic E-state index is 12.6.